The molecule has 0 saturated carbocycles. The van der Waals surface area contributed by atoms with Crippen molar-refractivity contribution in [2.24, 2.45) is 4.99 Å². The van der Waals surface area contributed by atoms with E-state index in [9.17, 15) is 0 Å². The van der Waals surface area contributed by atoms with E-state index in [1.165, 1.54) is 0 Å². The first-order chi connectivity index (χ1) is 13.6. The predicted octanol–water partition coefficient (Wildman–Crippen LogP) is 2.00. The van der Waals surface area contributed by atoms with Crippen molar-refractivity contribution in [3.8, 4) is 0 Å². The van der Waals surface area contributed by atoms with Crippen LogP contribution >= 0.6 is 0 Å². The van der Waals surface area contributed by atoms with Gasteiger partial charge in [0.15, 0.2) is 5.96 Å². The van der Waals surface area contributed by atoms with Crippen LogP contribution in [0.4, 0.5) is 0 Å². The molecule has 1 atom stereocenters. The van der Waals surface area contributed by atoms with Crippen LogP contribution in [-0.2, 0) is 4.74 Å². The van der Waals surface area contributed by atoms with E-state index in [2.05, 4.69) is 45.3 Å². The Bertz CT molecular complexity index is 616. The summed E-state index contributed by atoms with van der Waals surface area (Å²) < 4.78 is 11.5. The van der Waals surface area contributed by atoms with Crippen LogP contribution in [-0.4, -0.2) is 80.8 Å². The number of ether oxygens (including phenoxy) is 1. The Kier molecular flexibility index (Phi) is 7.76. The van der Waals surface area contributed by atoms with Crippen molar-refractivity contribution in [1.82, 2.24) is 20.4 Å². The topological polar surface area (TPSA) is 65.3 Å². The summed E-state index contributed by atoms with van der Waals surface area (Å²) in [6.45, 7) is 13.0. The second kappa shape index (κ2) is 10.3. The summed E-state index contributed by atoms with van der Waals surface area (Å²) in [6, 6.07) is 5.42. The highest BCUT2D eigenvalue weighted by molar-refractivity contribution is 5.80. The normalized spacial score (nSPS) is 21.8. The summed E-state index contributed by atoms with van der Waals surface area (Å²) >= 11 is 0. The molecule has 1 aromatic rings. The number of nitrogens with one attached hydrogen (secondary N) is 2. The minimum absolute atomic E-state index is 0.180. The number of hydrogen-bond acceptors (Lipinski definition) is 5. The van der Waals surface area contributed by atoms with Crippen LogP contribution < -0.4 is 10.6 Å². The first-order valence-corrected chi connectivity index (χ1v) is 10.7. The number of rotatable bonds is 6. The van der Waals surface area contributed by atoms with Crippen LogP contribution in [0.1, 0.15) is 44.3 Å². The number of morpholine rings is 1. The second-order valence-electron chi connectivity index (χ2n) is 8.11. The molecule has 2 fully saturated rings. The molecule has 28 heavy (non-hydrogen) atoms. The molecule has 0 aromatic carbocycles. The predicted molar refractivity (Wildman–Crippen MR) is 113 cm³/mol. The van der Waals surface area contributed by atoms with E-state index in [0.29, 0.717) is 12.1 Å². The highest BCUT2D eigenvalue weighted by Crippen LogP contribution is 2.23. The van der Waals surface area contributed by atoms with Gasteiger partial charge in [0, 0.05) is 51.9 Å². The Labute approximate surface area is 169 Å². The van der Waals surface area contributed by atoms with Gasteiger partial charge in [0.05, 0.1) is 19.3 Å². The molecule has 0 radical (unpaired) electrons. The Hall–Kier alpha value is -1.57. The number of aliphatic imine (C=N–C) groups is 1. The average molecular weight is 392 g/mol. The highest BCUT2D eigenvalue weighted by Gasteiger charge is 2.26. The molecule has 0 spiro atoms. The first-order valence-electron chi connectivity index (χ1n) is 10.7. The number of furan rings is 1. The van der Waals surface area contributed by atoms with Crippen molar-refractivity contribution in [3.05, 3.63) is 23.7 Å². The van der Waals surface area contributed by atoms with Crippen LogP contribution in [0, 0.1) is 6.92 Å². The van der Waals surface area contributed by atoms with E-state index in [0.717, 1.165) is 76.3 Å². The molecule has 3 rings (SSSR count). The highest BCUT2D eigenvalue weighted by atomic mass is 16.5. The van der Waals surface area contributed by atoms with Gasteiger partial charge in [-0.3, -0.25) is 9.89 Å². The third-order valence-electron chi connectivity index (χ3n) is 5.86. The van der Waals surface area contributed by atoms with Gasteiger partial charge in [0.2, 0.25) is 0 Å². The molecule has 2 N–H and O–H groups in total. The van der Waals surface area contributed by atoms with Crippen LogP contribution in [0.2, 0.25) is 0 Å². The van der Waals surface area contributed by atoms with E-state index in [1.807, 2.05) is 20.0 Å². The van der Waals surface area contributed by atoms with Gasteiger partial charge in [-0.25, -0.2) is 0 Å². The number of piperidine rings is 1. The van der Waals surface area contributed by atoms with Crippen molar-refractivity contribution < 1.29 is 9.15 Å². The summed E-state index contributed by atoms with van der Waals surface area (Å²) in [5.41, 5.74) is 0. The Morgan fingerprint density at radius 3 is 2.43 bits per heavy atom. The maximum atomic E-state index is 5.96. The SMILES string of the molecule is CN=C(NCC(c1ccc(C)o1)N1CCOCC1)NC1CCN(C(C)C)CC1. The van der Waals surface area contributed by atoms with Gasteiger partial charge in [0.1, 0.15) is 11.5 Å². The Morgan fingerprint density at radius 2 is 1.86 bits per heavy atom. The monoisotopic (exact) mass is 391 g/mol. The van der Waals surface area contributed by atoms with Crippen LogP contribution in [0.25, 0.3) is 0 Å². The lowest BCUT2D eigenvalue weighted by molar-refractivity contribution is 0.0124. The number of nitrogens with zero attached hydrogens (tertiary/aromatic N) is 3. The van der Waals surface area contributed by atoms with Gasteiger partial charge in [-0.05, 0) is 45.7 Å². The number of guanidine groups is 1. The zero-order valence-electron chi connectivity index (χ0n) is 17.9. The summed E-state index contributed by atoms with van der Waals surface area (Å²) in [4.78, 5) is 9.44. The molecular formula is C21H37N5O2. The van der Waals surface area contributed by atoms with Crippen LogP contribution in [0.5, 0.6) is 0 Å². The van der Waals surface area contributed by atoms with E-state index in [-0.39, 0.29) is 6.04 Å². The minimum atomic E-state index is 0.180. The number of hydrogen-bond donors (Lipinski definition) is 2. The van der Waals surface area contributed by atoms with Gasteiger partial charge >= 0.3 is 0 Å². The molecule has 7 heteroatoms. The molecule has 0 aliphatic carbocycles. The van der Waals surface area contributed by atoms with Crippen molar-refractivity contribution in [3.63, 3.8) is 0 Å². The van der Waals surface area contributed by atoms with Gasteiger partial charge in [-0.1, -0.05) is 0 Å². The lowest BCUT2D eigenvalue weighted by atomic mass is 10.0. The first kappa shape index (κ1) is 21.1. The quantitative estimate of drug-likeness (QED) is 0.571. The van der Waals surface area contributed by atoms with Crippen LogP contribution in [0.3, 0.4) is 0 Å². The fourth-order valence-electron chi connectivity index (χ4n) is 4.07. The van der Waals surface area contributed by atoms with Gasteiger partial charge in [-0.15, -0.1) is 0 Å². The zero-order chi connectivity index (χ0) is 19.9. The number of likely N-dealkylation sites (tertiary alicyclic amines) is 1. The molecule has 3 heterocycles. The molecule has 2 aliphatic heterocycles. The second-order valence-corrected chi connectivity index (χ2v) is 8.11. The van der Waals surface area contributed by atoms with Gasteiger partial charge in [-0.2, -0.15) is 0 Å². The lowest BCUT2D eigenvalue weighted by Crippen LogP contribution is -2.51. The average Bonchev–Trinajstić information content (AvgIpc) is 3.14. The molecular weight excluding hydrogens is 354 g/mol. The third kappa shape index (κ3) is 5.72. The van der Waals surface area contributed by atoms with E-state index in [1.54, 1.807) is 0 Å². The molecule has 0 amide bonds. The van der Waals surface area contributed by atoms with Gasteiger partial charge in [0.25, 0.3) is 0 Å². The zero-order valence-corrected chi connectivity index (χ0v) is 17.9. The maximum Gasteiger partial charge on any atom is 0.191 e. The molecule has 158 valence electrons. The molecule has 1 unspecified atom stereocenters. The smallest absolute Gasteiger partial charge is 0.191 e. The Morgan fingerprint density at radius 1 is 1.14 bits per heavy atom. The molecule has 1 aromatic heterocycles. The maximum absolute atomic E-state index is 5.96. The van der Waals surface area contributed by atoms with E-state index < -0.39 is 0 Å². The summed E-state index contributed by atoms with van der Waals surface area (Å²) in [7, 11) is 1.85. The molecule has 2 saturated heterocycles. The minimum Gasteiger partial charge on any atom is -0.465 e. The van der Waals surface area contributed by atoms with Gasteiger partial charge < -0.3 is 24.7 Å². The van der Waals surface area contributed by atoms with Crippen LogP contribution in [0.15, 0.2) is 21.5 Å². The van der Waals surface area contributed by atoms with Crippen molar-refractivity contribution in [1.29, 1.82) is 0 Å². The fraction of sp³-hybridized carbons (Fsp3) is 0.762. The molecule has 0 bridgehead atoms. The molecule has 7 nitrogen and oxygen atoms in total. The molecule has 2 aliphatic rings. The number of aryl methyl sites for hydroxylation is 1. The standard InChI is InChI=1S/C21H37N5O2/c1-16(2)25-9-7-18(8-10-25)24-21(22-4)23-15-19(20-6-5-17(3)28-20)26-11-13-27-14-12-26/h5-6,16,18-19H,7-15H2,1-4H3,(H2,22,23,24). The third-order valence-corrected chi connectivity index (χ3v) is 5.86. The summed E-state index contributed by atoms with van der Waals surface area (Å²) in [5, 5.41) is 7.16. The lowest BCUT2D eigenvalue weighted by Gasteiger charge is -2.36. The summed E-state index contributed by atoms with van der Waals surface area (Å²) in [5.74, 6) is 2.84. The van der Waals surface area contributed by atoms with Crippen molar-refractivity contribution in [2.45, 2.75) is 51.7 Å². The fourth-order valence-corrected chi connectivity index (χ4v) is 4.07. The Balaban J connectivity index is 1.55. The van der Waals surface area contributed by atoms with E-state index >= 15 is 0 Å². The van der Waals surface area contributed by atoms with Crippen molar-refractivity contribution >= 4 is 5.96 Å². The summed E-state index contributed by atoms with van der Waals surface area (Å²) in [6.07, 6.45) is 2.31. The van der Waals surface area contributed by atoms with E-state index in [4.69, 9.17) is 9.15 Å². The largest absolute Gasteiger partial charge is 0.465 e. The van der Waals surface area contributed by atoms with Crippen molar-refractivity contribution in [2.75, 3.05) is 53.0 Å².